The van der Waals surface area contributed by atoms with Gasteiger partial charge in [0.15, 0.2) is 0 Å². The van der Waals surface area contributed by atoms with Crippen LogP contribution in [-0.4, -0.2) is 45.1 Å². The largest absolute Gasteiger partial charge is 0.508 e. The molecule has 7 nitrogen and oxygen atoms in total. The highest BCUT2D eigenvalue weighted by Crippen LogP contribution is 2.27. The molecule has 0 spiro atoms. The van der Waals surface area contributed by atoms with Crippen LogP contribution in [0.5, 0.6) is 5.75 Å². The fraction of sp³-hybridized carbons (Fsp3) is 0.462. The van der Waals surface area contributed by atoms with Gasteiger partial charge in [-0.3, -0.25) is 14.9 Å². The standard InChI is InChI=1S/C13H16N2O5/c1-8(16)9-4-5-14(7-9)13(18)11-6-10(17)2-3-12(11)15(19)20/h2-3,6,8-9,16-17H,4-5,7H2,1H3. The van der Waals surface area contributed by atoms with Gasteiger partial charge >= 0.3 is 0 Å². The molecule has 1 aromatic rings. The van der Waals surface area contributed by atoms with Crippen LogP contribution in [0.4, 0.5) is 5.69 Å². The quantitative estimate of drug-likeness (QED) is 0.638. The lowest BCUT2D eigenvalue weighted by Crippen LogP contribution is -2.30. The molecule has 1 fully saturated rings. The molecule has 1 heterocycles. The predicted octanol–water partition coefficient (Wildman–Crippen LogP) is 1.14. The van der Waals surface area contributed by atoms with Gasteiger partial charge in [0.2, 0.25) is 0 Å². The van der Waals surface area contributed by atoms with Gasteiger partial charge in [0.25, 0.3) is 11.6 Å². The molecule has 2 unspecified atom stereocenters. The summed E-state index contributed by atoms with van der Waals surface area (Å²) in [7, 11) is 0. The first-order valence-electron chi connectivity index (χ1n) is 6.35. The Kier molecular flexibility index (Phi) is 3.89. The highest BCUT2D eigenvalue weighted by Gasteiger charge is 2.32. The maximum Gasteiger partial charge on any atom is 0.282 e. The number of nitro benzene ring substituents is 1. The zero-order valence-electron chi connectivity index (χ0n) is 11.0. The Balaban J connectivity index is 2.26. The molecule has 1 aliphatic rings. The molecule has 0 aromatic heterocycles. The minimum atomic E-state index is -0.644. The van der Waals surface area contributed by atoms with Gasteiger partial charge in [-0.25, -0.2) is 0 Å². The Morgan fingerprint density at radius 3 is 2.80 bits per heavy atom. The minimum Gasteiger partial charge on any atom is -0.508 e. The highest BCUT2D eigenvalue weighted by atomic mass is 16.6. The zero-order chi connectivity index (χ0) is 14.9. The first-order chi connectivity index (χ1) is 9.40. The number of hydrogen-bond acceptors (Lipinski definition) is 5. The van der Waals surface area contributed by atoms with Gasteiger partial charge < -0.3 is 15.1 Å². The molecule has 0 aliphatic carbocycles. The Hall–Kier alpha value is -2.15. The van der Waals surface area contributed by atoms with Crippen LogP contribution < -0.4 is 0 Å². The second kappa shape index (κ2) is 5.46. The summed E-state index contributed by atoms with van der Waals surface area (Å²) in [4.78, 5) is 24.1. The van der Waals surface area contributed by atoms with Gasteiger partial charge in [-0.05, 0) is 25.5 Å². The summed E-state index contributed by atoms with van der Waals surface area (Å²) in [5.41, 5.74) is -0.450. The molecular weight excluding hydrogens is 264 g/mol. The van der Waals surface area contributed by atoms with E-state index in [0.717, 1.165) is 12.1 Å². The van der Waals surface area contributed by atoms with Crippen LogP contribution in [0.25, 0.3) is 0 Å². The summed E-state index contributed by atoms with van der Waals surface area (Å²) < 4.78 is 0. The molecule has 0 saturated carbocycles. The molecular formula is C13H16N2O5. The summed E-state index contributed by atoms with van der Waals surface area (Å²) in [6.45, 7) is 2.47. The number of phenols is 1. The average molecular weight is 280 g/mol. The third kappa shape index (κ3) is 2.72. The number of aliphatic hydroxyl groups excluding tert-OH is 1. The van der Waals surface area contributed by atoms with Gasteiger partial charge in [0.1, 0.15) is 11.3 Å². The van der Waals surface area contributed by atoms with Crippen LogP contribution in [-0.2, 0) is 0 Å². The van der Waals surface area contributed by atoms with Crippen molar-refractivity contribution >= 4 is 11.6 Å². The number of benzene rings is 1. The molecule has 20 heavy (non-hydrogen) atoms. The lowest BCUT2D eigenvalue weighted by atomic mass is 10.0. The molecule has 0 radical (unpaired) electrons. The number of hydrogen-bond donors (Lipinski definition) is 2. The van der Waals surface area contributed by atoms with E-state index < -0.39 is 16.9 Å². The maximum atomic E-state index is 12.3. The van der Waals surface area contributed by atoms with Crippen molar-refractivity contribution in [1.82, 2.24) is 4.90 Å². The summed E-state index contributed by atoms with van der Waals surface area (Å²) in [5, 5.41) is 29.9. The van der Waals surface area contributed by atoms with Gasteiger partial charge in [0.05, 0.1) is 11.0 Å². The van der Waals surface area contributed by atoms with Crippen LogP contribution in [0.3, 0.4) is 0 Å². The van der Waals surface area contributed by atoms with Crippen molar-refractivity contribution in [3.8, 4) is 5.75 Å². The summed E-state index contributed by atoms with van der Waals surface area (Å²) in [6, 6.07) is 3.40. The first kappa shape index (κ1) is 14.3. The molecule has 1 aromatic carbocycles. The Morgan fingerprint density at radius 2 is 2.25 bits per heavy atom. The van der Waals surface area contributed by atoms with Crippen molar-refractivity contribution in [3.63, 3.8) is 0 Å². The number of nitrogens with zero attached hydrogens (tertiary/aromatic N) is 2. The molecule has 108 valence electrons. The van der Waals surface area contributed by atoms with Crippen molar-refractivity contribution in [2.75, 3.05) is 13.1 Å². The monoisotopic (exact) mass is 280 g/mol. The lowest BCUT2D eigenvalue weighted by molar-refractivity contribution is -0.385. The number of carbonyl (C=O) groups excluding carboxylic acids is 1. The Morgan fingerprint density at radius 1 is 1.55 bits per heavy atom. The van der Waals surface area contributed by atoms with Gasteiger partial charge in [-0.15, -0.1) is 0 Å². The van der Waals surface area contributed by atoms with Gasteiger partial charge in [0, 0.05) is 25.1 Å². The molecule has 0 bridgehead atoms. The van der Waals surface area contributed by atoms with E-state index >= 15 is 0 Å². The topological polar surface area (TPSA) is 104 Å². The van der Waals surface area contributed by atoms with Crippen LogP contribution in [0.1, 0.15) is 23.7 Å². The SMILES string of the molecule is CC(O)C1CCN(C(=O)c2cc(O)ccc2[N+](=O)[O-])C1. The first-order valence-corrected chi connectivity index (χ1v) is 6.35. The maximum absolute atomic E-state index is 12.3. The van der Waals surface area contributed by atoms with Gasteiger partial charge in [-0.1, -0.05) is 0 Å². The molecule has 2 N–H and O–H groups in total. The fourth-order valence-corrected chi connectivity index (χ4v) is 2.39. The van der Waals surface area contributed by atoms with Crippen molar-refractivity contribution in [1.29, 1.82) is 0 Å². The van der Waals surface area contributed by atoms with E-state index in [1.807, 2.05) is 0 Å². The number of amides is 1. The number of aliphatic hydroxyl groups is 1. The average Bonchev–Trinajstić information content (AvgIpc) is 2.87. The van der Waals surface area contributed by atoms with Crippen LogP contribution in [0.15, 0.2) is 18.2 Å². The predicted molar refractivity (Wildman–Crippen MR) is 70.5 cm³/mol. The normalized spacial score (nSPS) is 19.9. The fourth-order valence-electron chi connectivity index (χ4n) is 2.39. The van der Waals surface area contributed by atoms with E-state index in [1.54, 1.807) is 6.92 Å². The molecule has 1 aliphatic heterocycles. The summed E-state index contributed by atoms with van der Waals surface area (Å²) >= 11 is 0. The molecule has 7 heteroatoms. The van der Waals surface area contributed by atoms with E-state index in [4.69, 9.17) is 0 Å². The summed E-state index contributed by atoms with van der Waals surface area (Å²) in [6.07, 6.45) is 0.141. The van der Waals surface area contributed by atoms with Crippen molar-refractivity contribution in [2.45, 2.75) is 19.4 Å². The lowest BCUT2D eigenvalue weighted by Gasteiger charge is -2.17. The van der Waals surface area contributed by atoms with E-state index in [9.17, 15) is 25.1 Å². The number of nitro groups is 1. The van der Waals surface area contributed by atoms with Crippen LogP contribution in [0, 0.1) is 16.0 Å². The van der Waals surface area contributed by atoms with E-state index in [2.05, 4.69) is 0 Å². The van der Waals surface area contributed by atoms with Crippen molar-refractivity contribution in [2.24, 2.45) is 5.92 Å². The number of rotatable bonds is 3. The van der Waals surface area contributed by atoms with Crippen molar-refractivity contribution < 1.29 is 19.9 Å². The second-order valence-electron chi connectivity index (χ2n) is 5.00. The molecule has 1 saturated heterocycles. The van der Waals surface area contributed by atoms with E-state index in [1.165, 1.54) is 11.0 Å². The van der Waals surface area contributed by atoms with E-state index in [0.29, 0.717) is 19.5 Å². The number of carbonyl (C=O) groups is 1. The third-order valence-corrected chi connectivity index (χ3v) is 3.60. The van der Waals surface area contributed by atoms with Crippen LogP contribution >= 0.6 is 0 Å². The smallest absolute Gasteiger partial charge is 0.282 e. The molecule has 1 amide bonds. The van der Waals surface area contributed by atoms with Crippen LogP contribution in [0.2, 0.25) is 0 Å². The zero-order valence-corrected chi connectivity index (χ0v) is 11.0. The number of likely N-dealkylation sites (tertiary alicyclic amines) is 1. The highest BCUT2D eigenvalue weighted by molar-refractivity contribution is 5.98. The van der Waals surface area contributed by atoms with Gasteiger partial charge in [-0.2, -0.15) is 0 Å². The number of phenolic OH excluding ortho intramolecular Hbond substituents is 1. The molecule has 2 rings (SSSR count). The summed E-state index contributed by atoms with van der Waals surface area (Å²) in [5.74, 6) is -0.698. The number of aromatic hydroxyl groups is 1. The third-order valence-electron chi connectivity index (χ3n) is 3.60. The minimum absolute atomic E-state index is 0.0182. The Labute approximate surface area is 115 Å². The Bertz CT molecular complexity index is 544. The van der Waals surface area contributed by atoms with Crippen molar-refractivity contribution in [3.05, 3.63) is 33.9 Å². The molecule has 2 atom stereocenters. The second-order valence-corrected chi connectivity index (χ2v) is 5.00. The van der Waals surface area contributed by atoms with E-state index in [-0.39, 0.29) is 22.9 Å².